The summed E-state index contributed by atoms with van der Waals surface area (Å²) in [5, 5.41) is 9.78. The van der Waals surface area contributed by atoms with Crippen LogP contribution < -0.4 is 0 Å². The molecule has 0 aromatic carbocycles. The van der Waals surface area contributed by atoms with Crippen molar-refractivity contribution < 1.29 is 14.6 Å². The molecule has 2 rings (SSSR count). The van der Waals surface area contributed by atoms with Crippen molar-refractivity contribution >= 4 is 0 Å². The van der Waals surface area contributed by atoms with E-state index in [2.05, 4.69) is 0 Å². The third kappa shape index (κ3) is 1.39. The van der Waals surface area contributed by atoms with Crippen molar-refractivity contribution in [1.82, 2.24) is 0 Å². The first kappa shape index (κ1) is 9.44. The van der Waals surface area contributed by atoms with Crippen molar-refractivity contribution in [2.45, 2.75) is 38.4 Å². The highest BCUT2D eigenvalue weighted by atomic mass is 16.5. The summed E-state index contributed by atoms with van der Waals surface area (Å²) in [6.45, 7) is 4.32. The van der Waals surface area contributed by atoms with Crippen LogP contribution in [0.15, 0.2) is 0 Å². The van der Waals surface area contributed by atoms with Crippen molar-refractivity contribution in [2.24, 2.45) is 5.41 Å². The standard InChI is InChI=1S/C10H18O3/c1-2-13-9-7-8(11)10(9)3-5-12-6-4-10/h8-9,11H,2-7H2,1H3/t8-,9+/m0/s1. The Kier molecular flexibility index (Phi) is 2.58. The lowest BCUT2D eigenvalue weighted by Crippen LogP contribution is -2.60. The molecular weight excluding hydrogens is 168 g/mol. The van der Waals surface area contributed by atoms with Gasteiger partial charge in [0.2, 0.25) is 0 Å². The van der Waals surface area contributed by atoms with Crippen molar-refractivity contribution in [3.05, 3.63) is 0 Å². The van der Waals surface area contributed by atoms with Crippen LogP contribution in [0.1, 0.15) is 26.2 Å². The monoisotopic (exact) mass is 186 g/mol. The van der Waals surface area contributed by atoms with Gasteiger partial charge in [-0.2, -0.15) is 0 Å². The van der Waals surface area contributed by atoms with E-state index < -0.39 is 0 Å². The van der Waals surface area contributed by atoms with Crippen LogP contribution in [0.5, 0.6) is 0 Å². The smallest absolute Gasteiger partial charge is 0.0682 e. The first-order valence-electron chi connectivity index (χ1n) is 5.17. The Labute approximate surface area is 79.0 Å². The fourth-order valence-corrected chi connectivity index (χ4v) is 2.57. The molecule has 1 aliphatic carbocycles. The van der Waals surface area contributed by atoms with Gasteiger partial charge in [0.1, 0.15) is 0 Å². The molecule has 1 heterocycles. The minimum absolute atomic E-state index is 0.0360. The summed E-state index contributed by atoms with van der Waals surface area (Å²) in [5.41, 5.74) is 0.0360. The lowest BCUT2D eigenvalue weighted by molar-refractivity contribution is -0.220. The minimum Gasteiger partial charge on any atom is -0.392 e. The molecule has 2 aliphatic rings. The van der Waals surface area contributed by atoms with Crippen LogP contribution in [-0.2, 0) is 9.47 Å². The van der Waals surface area contributed by atoms with Gasteiger partial charge in [-0.15, -0.1) is 0 Å². The van der Waals surface area contributed by atoms with Crippen LogP contribution in [0.2, 0.25) is 0 Å². The highest BCUT2D eigenvalue weighted by molar-refractivity contribution is 5.04. The maximum atomic E-state index is 9.78. The quantitative estimate of drug-likeness (QED) is 0.698. The molecule has 1 spiro atoms. The first-order valence-corrected chi connectivity index (χ1v) is 5.17. The van der Waals surface area contributed by atoms with E-state index in [4.69, 9.17) is 9.47 Å². The molecule has 0 amide bonds. The molecule has 3 nitrogen and oxygen atoms in total. The molecule has 1 saturated carbocycles. The molecule has 1 N–H and O–H groups in total. The predicted octanol–water partition coefficient (Wildman–Crippen LogP) is 0.953. The summed E-state index contributed by atoms with van der Waals surface area (Å²) in [4.78, 5) is 0. The van der Waals surface area contributed by atoms with Crippen molar-refractivity contribution in [1.29, 1.82) is 0 Å². The van der Waals surface area contributed by atoms with Gasteiger partial charge in [0.05, 0.1) is 12.2 Å². The Morgan fingerprint density at radius 3 is 2.69 bits per heavy atom. The second-order valence-corrected chi connectivity index (χ2v) is 4.04. The highest BCUT2D eigenvalue weighted by Gasteiger charge is 2.55. The zero-order valence-corrected chi connectivity index (χ0v) is 8.16. The van der Waals surface area contributed by atoms with Crippen LogP contribution in [-0.4, -0.2) is 37.1 Å². The number of aliphatic hydroxyl groups is 1. The maximum Gasteiger partial charge on any atom is 0.0682 e. The third-order valence-corrected chi connectivity index (χ3v) is 3.53. The Balaban J connectivity index is 1.99. The van der Waals surface area contributed by atoms with Crippen LogP contribution in [0.25, 0.3) is 0 Å². The summed E-state index contributed by atoms with van der Waals surface area (Å²) in [7, 11) is 0. The molecule has 0 aromatic heterocycles. The Bertz CT molecular complexity index is 173. The number of aliphatic hydroxyl groups excluding tert-OH is 1. The van der Waals surface area contributed by atoms with E-state index in [0.717, 1.165) is 39.1 Å². The second kappa shape index (κ2) is 3.56. The topological polar surface area (TPSA) is 38.7 Å². The number of rotatable bonds is 2. The van der Waals surface area contributed by atoms with E-state index in [-0.39, 0.29) is 17.6 Å². The fraction of sp³-hybridized carbons (Fsp3) is 1.00. The van der Waals surface area contributed by atoms with Gasteiger partial charge in [-0.25, -0.2) is 0 Å². The fourth-order valence-electron chi connectivity index (χ4n) is 2.57. The van der Waals surface area contributed by atoms with E-state index in [1.807, 2.05) is 6.92 Å². The summed E-state index contributed by atoms with van der Waals surface area (Å²) in [6, 6.07) is 0. The SMILES string of the molecule is CCO[C@@H]1C[C@H](O)C12CCOCC2. The lowest BCUT2D eigenvalue weighted by atomic mass is 9.59. The molecule has 1 saturated heterocycles. The van der Waals surface area contributed by atoms with Crippen LogP contribution in [0.4, 0.5) is 0 Å². The molecule has 3 heteroatoms. The molecule has 1 aliphatic heterocycles. The van der Waals surface area contributed by atoms with Gasteiger partial charge in [-0.05, 0) is 19.8 Å². The largest absolute Gasteiger partial charge is 0.392 e. The van der Waals surface area contributed by atoms with Crippen molar-refractivity contribution in [3.63, 3.8) is 0 Å². The maximum absolute atomic E-state index is 9.78. The van der Waals surface area contributed by atoms with Gasteiger partial charge in [0, 0.05) is 31.7 Å². The molecule has 0 bridgehead atoms. The number of hydrogen-bond donors (Lipinski definition) is 1. The van der Waals surface area contributed by atoms with E-state index >= 15 is 0 Å². The van der Waals surface area contributed by atoms with Gasteiger partial charge in [0.25, 0.3) is 0 Å². The van der Waals surface area contributed by atoms with Gasteiger partial charge in [-0.3, -0.25) is 0 Å². The van der Waals surface area contributed by atoms with Crippen molar-refractivity contribution in [2.75, 3.05) is 19.8 Å². The molecule has 0 radical (unpaired) electrons. The summed E-state index contributed by atoms with van der Waals surface area (Å²) >= 11 is 0. The average molecular weight is 186 g/mol. The van der Waals surface area contributed by atoms with Crippen molar-refractivity contribution in [3.8, 4) is 0 Å². The number of ether oxygens (including phenoxy) is 2. The highest BCUT2D eigenvalue weighted by Crippen LogP contribution is 2.50. The molecule has 2 fully saturated rings. The zero-order chi connectivity index (χ0) is 9.31. The molecular formula is C10H18O3. The Morgan fingerprint density at radius 1 is 1.46 bits per heavy atom. The van der Waals surface area contributed by atoms with E-state index in [9.17, 15) is 5.11 Å². The molecule has 0 aromatic rings. The van der Waals surface area contributed by atoms with E-state index in [1.54, 1.807) is 0 Å². The summed E-state index contributed by atoms with van der Waals surface area (Å²) in [5.74, 6) is 0. The van der Waals surface area contributed by atoms with Crippen LogP contribution in [0, 0.1) is 5.41 Å². The normalized spacial score (nSPS) is 37.4. The van der Waals surface area contributed by atoms with E-state index in [0.29, 0.717) is 0 Å². The first-order chi connectivity index (χ1) is 6.29. The van der Waals surface area contributed by atoms with Gasteiger partial charge >= 0.3 is 0 Å². The molecule has 13 heavy (non-hydrogen) atoms. The van der Waals surface area contributed by atoms with E-state index in [1.165, 1.54) is 0 Å². The molecule has 0 unspecified atom stereocenters. The molecule has 76 valence electrons. The Morgan fingerprint density at radius 2 is 2.15 bits per heavy atom. The summed E-state index contributed by atoms with van der Waals surface area (Å²) in [6.07, 6.45) is 2.84. The second-order valence-electron chi connectivity index (χ2n) is 4.04. The minimum atomic E-state index is -0.159. The zero-order valence-electron chi connectivity index (χ0n) is 8.16. The van der Waals surface area contributed by atoms with Gasteiger partial charge in [0.15, 0.2) is 0 Å². The average Bonchev–Trinajstić information content (AvgIpc) is 2.19. The molecule has 2 atom stereocenters. The Hall–Kier alpha value is -0.120. The van der Waals surface area contributed by atoms with Crippen LogP contribution in [0.3, 0.4) is 0 Å². The van der Waals surface area contributed by atoms with Gasteiger partial charge in [-0.1, -0.05) is 0 Å². The van der Waals surface area contributed by atoms with Crippen LogP contribution >= 0.6 is 0 Å². The predicted molar refractivity (Wildman–Crippen MR) is 48.5 cm³/mol. The van der Waals surface area contributed by atoms with Gasteiger partial charge < -0.3 is 14.6 Å². The summed E-state index contributed by atoms with van der Waals surface area (Å²) < 4.78 is 10.9. The third-order valence-electron chi connectivity index (χ3n) is 3.53. The number of hydrogen-bond acceptors (Lipinski definition) is 3. The lowest BCUT2D eigenvalue weighted by Gasteiger charge is -2.54.